The molecule has 152 valence electrons. The lowest BCUT2D eigenvalue weighted by atomic mass is 10.2. The van der Waals surface area contributed by atoms with Crippen LogP contribution in [0.4, 0.5) is 19.0 Å². The summed E-state index contributed by atoms with van der Waals surface area (Å²) in [6.07, 6.45) is -3.23. The number of pyridine rings is 1. The fourth-order valence-corrected chi connectivity index (χ4v) is 2.43. The minimum Gasteiger partial charge on any atom is -0.490 e. The van der Waals surface area contributed by atoms with E-state index in [2.05, 4.69) is 15.6 Å². The zero-order chi connectivity index (χ0) is 20.6. The molecule has 0 saturated carbocycles. The van der Waals surface area contributed by atoms with Crippen molar-refractivity contribution >= 4 is 11.7 Å². The summed E-state index contributed by atoms with van der Waals surface area (Å²) < 4.78 is 49.7. The fraction of sp³-hybridized carbons (Fsp3) is 0.368. The highest BCUT2D eigenvalue weighted by molar-refractivity contribution is 5.94. The lowest BCUT2D eigenvalue weighted by Crippen LogP contribution is -2.29. The Hall–Kier alpha value is -2.97. The molecule has 1 heterocycles. The molecule has 1 aromatic carbocycles. The van der Waals surface area contributed by atoms with Gasteiger partial charge in [-0.15, -0.1) is 0 Å². The average molecular weight is 397 g/mol. The highest BCUT2D eigenvalue weighted by atomic mass is 19.4. The van der Waals surface area contributed by atoms with Crippen LogP contribution in [-0.2, 0) is 6.18 Å². The van der Waals surface area contributed by atoms with Crippen LogP contribution in [-0.4, -0.2) is 37.2 Å². The predicted molar refractivity (Wildman–Crippen MR) is 98.8 cm³/mol. The molecular weight excluding hydrogens is 375 g/mol. The summed E-state index contributed by atoms with van der Waals surface area (Å²) in [7, 11) is 0. The van der Waals surface area contributed by atoms with Crippen LogP contribution < -0.4 is 20.1 Å². The molecule has 0 radical (unpaired) electrons. The average Bonchev–Trinajstić information content (AvgIpc) is 2.66. The van der Waals surface area contributed by atoms with E-state index in [0.717, 1.165) is 6.07 Å². The minimum atomic E-state index is -4.50. The predicted octanol–water partition coefficient (Wildman–Crippen LogP) is 3.74. The van der Waals surface area contributed by atoms with Crippen molar-refractivity contribution in [2.24, 2.45) is 0 Å². The van der Waals surface area contributed by atoms with Crippen LogP contribution in [0.2, 0.25) is 0 Å². The summed E-state index contributed by atoms with van der Waals surface area (Å²) in [5, 5.41) is 5.24. The van der Waals surface area contributed by atoms with Crippen molar-refractivity contribution in [3.05, 3.63) is 47.7 Å². The number of aromatic nitrogens is 1. The molecule has 0 spiro atoms. The third-order valence-corrected chi connectivity index (χ3v) is 3.62. The summed E-state index contributed by atoms with van der Waals surface area (Å²) in [6, 6.07) is 6.97. The zero-order valence-corrected chi connectivity index (χ0v) is 15.6. The molecule has 28 heavy (non-hydrogen) atoms. The number of anilines is 1. The van der Waals surface area contributed by atoms with Crippen LogP contribution in [0.5, 0.6) is 11.5 Å². The van der Waals surface area contributed by atoms with E-state index in [9.17, 15) is 18.0 Å². The number of benzene rings is 1. The number of halogens is 3. The first-order chi connectivity index (χ1) is 13.4. The maximum Gasteiger partial charge on any atom is 0.419 e. The number of ether oxygens (including phenoxy) is 2. The van der Waals surface area contributed by atoms with E-state index in [-0.39, 0.29) is 24.8 Å². The maximum atomic E-state index is 12.9. The molecule has 0 aliphatic rings. The maximum absolute atomic E-state index is 12.9. The van der Waals surface area contributed by atoms with E-state index < -0.39 is 11.7 Å². The normalized spacial score (nSPS) is 11.0. The van der Waals surface area contributed by atoms with Gasteiger partial charge in [-0.3, -0.25) is 4.79 Å². The number of carbonyl (C=O) groups is 1. The topological polar surface area (TPSA) is 72.5 Å². The van der Waals surface area contributed by atoms with Crippen molar-refractivity contribution in [3.63, 3.8) is 0 Å². The van der Waals surface area contributed by atoms with E-state index >= 15 is 0 Å². The fourth-order valence-electron chi connectivity index (χ4n) is 2.43. The van der Waals surface area contributed by atoms with Gasteiger partial charge in [0.15, 0.2) is 11.5 Å². The Labute approximate surface area is 161 Å². The van der Waals surface area contributed by atoms with E-state index in [1.807, 2.05) is 13.8 Å². The van der Waals surface area contributed by atoms with E-state index in [4.69, 9.17) is 9.47 Å². The van der Waals surface area contributed by atoms with Crippen molar-refractivity contribution in [1.82, 2.24) is 10.3 Å². The van der Waals surface area contributed by atoms with Gasteiger partial charge in [-0.25, -0.2) is 4.98 Å². The number of rotatable bonds is 9. The standard InChI is InChI=1S/C19H22F3N3O3/c1-3-27-15-8-7-13(12-16(15)28-4-2)18(26)25-11-10-24-17-14(19(20,21)22)6-5-9-23-17/h5-9,12H,3-4,10-11H2,1-2H3,(H,23,24)(H,25,26). The van der Waals surface area contributed by atoms with Gasteiger partial charge in [-0.05, 0) is 44.2 Å². The van der Waals surface area contributed by atoms with Crippen LogP contribution in [0.1, 0.15) is 29.8 Å². The zero-order valence-electron chi connectivity index (χ0n) is 15.6. The lowest BCUT2D eigenvalue weighted by Gasteiger charge is -2.14. The molecule has 0 fully saturated rings. The molecule has 2 aromatic rings. The smallest absolute Gasteiger partial charge is 0.419 e. The molecule has 0 atom stereocenters. The summed E-state index contributed by atoms with van der Waals surface area (Å²) in [6.45, 7) is 4.74. The Morgan fingerprint density at radius 1 is 1.07 bits per heavy atom. The SMILES string of the molecule is CCOc1ccc(C(=O)NCCNc2ncccc2C(F)(F)F)cc1OCC. The molecule has 0 aliphatic heterocycles. The summed E-state index contributed by atoms with van der Waals surface area (Å²) >= 11 is 0. The van der Waals surface area contributed by atoms with Gasteiger partial charge in [0.25, 0.3) is 5.91 Å². The van der Waals surface area contributed by atoms with Crippen molar-refractivity contribution in [2.45, 2.75) is 20.0 Å². The highest BCUT2D eigenvalue weighted by Crippen LogP contribution is 2.33. The minimum absolute atomic E-state index is 0.0845. The summed E-state index contributed by atoms with van der Waals surface area (Å²) in [5.74, 6) is 0.350. The van der Waals surface area contributed by atoms with Crippen LogP contribution >= 0.6 is 0 Å². The quantitative estimate of drug-likeness (QED) is 0.631. The number of hydrogen-bond acceptors (Lipinski definition) is 5. The second-order valence-corrected chi connectivity index (χ2v) is 5.61. The summed E-state index contributed by atoms with van der Waals surface area (Å²) in [4.78, 5) is 16.0. The third kappa shape index (κ3) is 5.77. The van der Waals surface area contributed by atoms with Crippen LogP contribution in [0.25, 0.3) is 0 Å². The molecule has 6 nitrogen and oxygen atoms in total. The van der Waals surface area contributed by atoms with Gasteiger partial charge in [0, 0.05) is 24.8 Å². The monoisotopic (exact) mass is 397 g/mol. The van der Waals surface area contributed by atoms with E-state index in [1.165, 1.54) is 12.3 Å². The number of nitrogens with one attached hydrogen (secondary N) is 2. The molecule has 0 aliphatic carbocycles. The largest absolute Gasteiger partial charge is 0.490 e. The van der Waals surface area contributed by atoms with Crippen LogP contribution in [0, 0.1) is 0 Å². The van der Waals surface area contributed by atoms with Crippen molar-refractivity contribution in [1.29, 1.82) is 0 Å². The van der Waals surface area contributed by atoms with Gasteiger partial charge >= 0.3 is 6.18 Å². The van der Waals surface area contributed by atoms with Gasteiger partial charge < -0.3 is 20.1 Å². The number of carbonyl (C=O) groups excluding carboxylic acids is 1. The molecule has 2 rings (SSSR count). The first-order valence-electron chi connectivity index (χ1n) is 8.80. The molecule has 2 N–H and O–H groups in total. The highest BCUT2D eigenvalue weighted by Gasteiger charge is 2.33. The molecule has 1 amide bonds. The molecule has 0 saturated heterocycles. The first-order valence-corrected chi connectivity index (χ1v) is 8.80. The molecule has 9 heteroatoms. The molecular formula is C19H22F3N3O3. The second kappa shape index (κ2) is 9.82. The van der Waals surface area contributed by atoms with Gasteiger partial charge in [0.05, 0.1) is 18.8 Å². The Morgan fingerprint density at radius 3 is 2.46 bits per heavy atom. The van der Waals surface area contributed by atoms with Crippen LogP contribution in [0.3, 0.4) is 0 Å². The third-order valence-electron chi connectivity index (χ3n) is 3.62. The van der Waals surface area contributed by atoms with Crippen LogP contribution in [0.15, 0.2) is 36.5 Å². The first kappa shape index (κ1) is 21.3. The molecule has 1 aromatic heterocycles. The second-order valence-electron chi connectivity index (χ2n) is 5.61. The Balaban J connectivity index is 1.94. The summed E-state index contributed by atoms with van der Waals surface area (Å²) in [5.41, 5.74) is -0.491. The number of nitrogens with zero attached hydrogens (tertiary/aromatic N) is 1. The van der Waals surface area contributed by atoms with Gasteiger partial charge in [-0.2, -0.15) is 13.2 Å². The van der Waals surface area contributed by atoms with Crippen molar-refractivity contribution in [3.8, 4) is 11.5 Å². The Bertz CT molecular complexity index is 797. The number of hydrogen-bond donors (Lipinski definition) is 2. The molecule has 0 unspecified atom stereocenters. The Morgan fingerprint density at radius 2 is 1.79 bits per heavy atom. The van der Waals surface area contributed by atoms with E-state index in [1.54, 1.807) is 18.2 Å². The number of amides is 1. The van der Waals surface area contributed by atoms with Gasteiger partial charge in [0.2, 0.25) is 0 Å². The van der Waals surface area contributed by atoms with Crippen molar-refractivity contribution in [2.75, 3.05) is 31.6 Å². The molecule has 0 bridgehead atoms. The van der Waals surface area contributed by atoms with Crippen molar-refractivity contribution < 1.29 is 27.4 Å². The van der Waals surface area contributed by atoms with Gasteiger partial charge in [-0.1, -0.05) is 0 Å². The Kier molecular flexibility index (Phi) is 7.48. The lowest BCUT2D eigenvalue weighted by molar-refractivity contribution is -0.137. The van der Waals surface area contributed by atoms with E-state index in [0.29, 0.717) is 30.3 Å². The van der Waals surface area contributed by atoms with Gasteiger partial charge in [0.1, 0.15) is 5.82 Å². The number of alkyl halides is 3.